The van der Waals surface area contributed by atoms with Crippen molar-refractivity contribution >= 4 is 0 Å². The third-order valence-electron chi connectivity index (χ3n) is 4.95. The number of hydrogen-bond donors (Lipinski definition) is 1. The smallest absolute Gasteiger partial charge is 0.122 e. The Morgan fingerprint density at radius 1 is 1.14 bits per heavy atom. The summed E-state index contributed by atoms with van der Waals surface area (Å²) in [6.45, 7) is 9.55. The molecule has 0 bridgehead atoms. The monoisotopic (exact) mass is 289 g/mol. The van der Waals surface area contributed by atoms with Crippen LogP contribution in [0.25, 0.3) is 0 Å². The van der Waals surface area contributed by atoms with E-state index in [1.807, 2.05) is 0 Å². The lowest BCUT2D eigenvalue weighted by Crippen LogP contribution is -2.32. The largest absolute Gasteiger partial charge is 0.494 e. The lowest BCUT2D eigenvalue weighted by atomic mass is 9.70. The third kappa shape index (κ3) is 4.23. The van der Waals surface area contributed by atoms with Crippen molar-refractivity contribution in [3.05, 3.63) is 29.8 Å². The fraction of sp³-hybridized carbons (Fsp3) is 0.684. The van der Waals surface area contributed by atoms with Crippen LogP contribution in [0.2, 0.25) is 0 Å². The molecule has 1 aliphatic carbocycles. The van der Waals surface area contributed by atoms with Crippen LogP contribution in [0.15, 0.2) is 24.3 Å². The van der Waals surface area contributed by atoms with Crippen molar-refractivity contribution < 1.29 is 4.74 Å². The van der Waals surface area contributed by atoms with Crippen LogP contribution in [0.3, 0.4) is 0 Å². The molecule has 1 aliphatic rings. The van der Waals surface area contributed by atoms with E-state index in [-0.39, 0.29) is 0 Å². The molecule has 2 nitrogen and oxygen atoms in total. The maximum absolute atomic E-state index is 5.89. The van der Waals surface area contributed by atoms with Gasteiger partial charge in [0.05, 0.1) is 6.61 Å². The van der Waals surface area contributed by atoms with Gasteiger partial charge in [0.2, 0.25) is 0 Å². The van der Waals surface area contributed by atoms with Gasteiger partial charge in [0.1, 0.15) is 5.75 Å². The van der Waals surface area contributed by atoms with Crippen LogP contribution in [0, 0.1) is 11.8 Å². The minimum Gasteiger partial charge on any atom is -0.494 e. The summed E-state index contributed by atoms with van der Waals surface area (Å²) >= 11 is 0. The quantitative estimate of drug-likeness (QED) is 0.791. The molecular formula is C19H31NO. The van der Waals surface area contributed by atoms with E-state index in [4.69, 9.17) is 4.74 Å². The van der Waals surface area contributed by atoms with Crippen molar-refractivity contribution in [2.75, 3.05) is 19.7 Å². The molecular weight excluding hydrogens is 258 g/mol. The van der Waals surface area contributed by atoms with Gasteiger partial charge in [-0.25, -0.2) is 0 Å². The van der Waals surface area contributed by atoms with Gasteiger partial charge >= 0.3 is 0 Å². The molecule has 0 saturated heterocycles. The average molecular weight is 289 g/mol. The molecule has 21 heavy (non-hydrogen) atoms. The first-order valence-electron chi connectivity index (χ1n) is 8.72. The van der Waals surface area contributed by atoms with Gasteiger partial charge in [-0.3, -0.25) is 0 Å². The van der Waals surface area contributed by atoms with Gasteiger partial charge in [0, 0.05) is 0 Å². The Morgan fingerprint density at radius 3 is 2.67 bits per heavy atom. The highest BCUT2D eigenvalue weighted by atomic mass is 16.5. The highest BCUT2D eigenvalue weighted by Crippen LogP contribution is 2.44. The van der Waals surface area contributed by atoms with Gasteiger partial charge in [-0.15, -0.1) is 0 Å². The summed E-state index contributed by atoms with van der Waals surface area (Å²) in [4.78, 5) is 0. The van der Waals surface area contributed by atoms with E-state index >= 15 is 0 Å². The SMILES string of the molecule is CCNCC1CCC(CC)CC1c1ccccc1OCC. The summed E-state index contributed by atoms with van der Waals surface area (Å²) in [7, 11) is 0. The summed E-state index contributed by atoms with van der Waals surface area (Å²) < 4.78 is 5.89. The number of hydrogen-bond acceptors (Lipinski definition) is 2. The number of benzene rings is 1. The van der Waals surface area contributed by atoms with E-state index < -0.39 is 0 Å². The maximum atomic E-state index is 5.89. The van der Waals surface area contributed by atoms with Crippen LogP contribution in [0.4, 0.5) is 0 Å². The van der Waals surface area contributed by atoms with Crippen molar-refractivity contribution in [3.8, 4) is 5.75 Å². The minimum absolute atomic E-state index is 0.644. The lowest BCUT2D eigenvalue weighted by Gasteiger charge is -2.37. The second kappa shape index (κ2) is 8.43. The second-order valence-electron chi connectivity index (χ2n) is 6.23. The second-order valence-corrected chi connectivity index (χ2v) is 6.23. The molecule has 0 radical (unpaired) electrons. The summed E-state index contributed by atoms with van der Waals surface area (Å²) in [6.07, 6.45) is 5.36. The first kappa shape index (κ1) is 16.4. The van der Waals surface area contributed by atoms with Crippen molar-refractivity contribution in [3.63, 3.8) is 0 Å². The summed E-state index contributed by atoms with van der Waals surface area (Å²) in [6, 6.07) is 8.68. The Labute approximate surface area is 130 Å². The van der Waals surface area contributed by atoms with E-state index in [0.717, 1.165) is 37.3 Å². The summed E-state index contributed by atoms with van der Waals surface area (Å²) in [5.41, 5.74) is 1.43. The van der Waals surface area contributed by atoms with Crippen LogP contribution in [0.1, 0.15) is 57.9 Å². The van der Waals surface area contributed by atoms with Crippen LogP contribution in [-0.4, -0.2) is 19.7 Å². The van der Waals surface area contributed by atoms with Crippen LogP contribution >= 0.6 is 0 Å². The number of nitrogens with one attached hydrogen (secondary N) is 1. The van der Waals surface area contributed by atoms with Gasteiger partial charge in [-0.05, 0) is 62.2 Å². The molecule has 1 aromatic carbocycles. The average Bonchev–Trinajstić information content (AvgIpc) is 2.53. The van der Waals surface area contributed by atoms with Crippen LogP contribution < -0.4 is 10.1 Å². The molecule has 1 aromatic rings. The third-order valence-corrected chi connectivity index (χ3v) is 4.95. The van der Waals surface area contributed by atoms with Crippen molar-refractivity contribution in [1.82, 2.24) is 5.32 Å². The van der Waals surface area contributed by atoms with Crippen LogP contribution in [0.5, 0.6) is 5.75 Å². The van der Waals surface area contributed by atoms with Crippen molar-refractivity contribution in [1.29, 1.82) is 0 Å². The van der Waals surface area contributed by atoms with E-state index in [1.165, 1.54) is 31.2 Å². The highest BCUT2D eigenvalue weighted by molar-refractivity contribution is 5.37. The molecule has 118 valence electrons. The van der Waals surface area contributed by atoms with Gasteiger partial charge < -0.3 is 10.1 Å². The molecule has 1 N–H and O–H groups in total. The number of ether oxygens (including phenoxy) is 1. The van der Waals surface area contributed by atoms with E-state index in [0.29, 0.717) is 5.92 Å². The molecule has 3 atom stereocenters. The first-order chi connectivity index (χ1) is 10.3. The lowest BCUT2D eigenvalue weighted by molar-refractivity contribution is 0.221. The molecule has 0 aromatic heterocycles. The normalized spacial score (nSPS) is 25.8. The standard InChI is InChI=1S/C19H31NO/c1-4-15-11-12-16(14-20-5-2)18(13-15)17-9-7-8-10-19(17)21-6-3/h7-10,15-16,18,20H,4-6,11-14H2,1-3H3. The molecule has 1 saturated carbocycles. The predicted octanol–water partition coefficient (Wildman–Crippen LogP) is 4.60. The van der Waals surface area contributed by atoms with Crippen LogP contribution in [-0.2, 0) is 0 Å². The number of rotatable bonds is 7. The summed E-state index contributed by atoms with van der Waals surface area (Å²) in [5.74, 6) is 3.37. The van der Waals surface area contributed by atoms with Gasteiger partial charge in [-0.1, -0.05) is 44.9 Å². The Bertz CT molecular complexity index is 418. The topological polar surface area (TPSA) is 21.3 Å². The molecule has 3 unspecified atom stereocenters. The number of para-hydroxylation sites is 1. The Hall–Kier alpha value is -1.02. The minimum atomic E-state index is 0.644. The Morgan fingerprint density at radius 2 is 1.95 bits per heavy atom. The predicted molar refractivity (Wildman–Crippen MR) is 90.0 cm³/mol. The molecule has 0 amide bonds. The van der Waals surface area contributed by atoms with Crippen molar-refractivity contribution in [2.45, 2.75) is 52.4 Å². The molecule has 0 aliphatic heterocycles. The van der Waals surface area contributed by atoms with E-state index in [1.54, 1.807) is 0 Å². The Kier molecular flexibility index (Phi) is 6.56. The van der Waals surface area contributed by atoms with Gasteiger partial charge in [0.25, 0.3) is 0 Å². The molecule has 0 spiro atoms. The molecule has 2 rings (SSSR count). The molecule has 0 heterocycles. The first-order valence-corrected chi connectivity index (χ1v) is 8.72. The van der Waals surface area contributed by atoms with E-state index in [9.17, 15) is 0 Å². The Balaban J connectivity index is 2.21. The molecule has 2 heteroatoms. The fourth-order valence-corrected chi connectivity index (χ4v) is 3.72. The maximum Gasteiger partial charge on any atom is 0.122 e. The zero-order valence-corrected chi connectivity index (χ0v) is 13.9. The zero-order valence-electron chi connectivity index (χ0n) is 13.9. The van der Waals surface area contributed by atoms with Gasteiger partial charge in [0.15, 0.2) is 0 Å². The van der Waals surface area contributed by atoms with E-state index in [2.05, 4.69) is 50.4 Å². The molecule has 1 fully saturated rings. The van der Waals surface area contributed by atoms with Crippen molar-refractivity contribution in [2.24, 2.45) is 11.8 Å². The zero-order chi connectivity index (χ0) is 15.1. The fourth-order valence-electron chi connectivity index (χ4n) is 3.72. The van der Waals surface area contributed by atoms with Gasteiger partial charge in [-0.2, -0.15) is 0 Å². The highest BCUT2D eigenvalue weighted by Gasteiger charge is 2.32. The summed E-state index contributed by atoms with van der Waals surface area (Å²) in [5, 5.41) is 3.56.